The summed E-state index contributed by atoms with van der Waals surface area (Å²) in [6.07, 6.45) is 1.56. The molecule has 0 aliphatic heterocycles. The van der Waals surface area contributed by atoms with Crippen molar-refractivity contribution in [2.75, 3.05) is 13.7 Å². The number of halogens is 1. The van der Waals surface area contributed by atoms with Gasteiger partial charge in [0.15, 0.2) is 6.61 Å². The van der Waals surface area contributed by atoms with E-state index in [0.717, 1.165) is 21.3 Å². The normalized spacial score (nSPS) is 10.6. The number of methoxy groups -OCH3 is 1. The predicted molar refractivity (Wildman–Crippen MR) is 93.1 cm³/mol. The van der Waals surface area contributed by atoms with Crippen LogP contribution in [0.4, 0.5) is 0 Å². The molecular formula is C17H17BrN2O3. The summed E-state index contributed by atoms with van der Waals surface area (Å²) in [5.74, 6) is 1.11. The molecule has 0 saturated carbocycles. The summed E-state index contributed by atoms with van der Waals surface area (Å²) >= 11 is 3.38. The Hall–Kier alpha value is -2.34. The molecular weight excluding hydrogens is 360 g/mol. The Labute approximate surface area is 143 Å². The van der Waals surface area contributed by atoms with Crippen LogP contribution in [0.25, 0.3) is 0 Å². The van der Waals surface area contributed by atoms with Gasteiger partial charge in [-0.25, -0.2) is 5.43 Å². The Balaban J connectivity index is 1.81. The smallest absolute Gasteiger partial charge is 0.277 e. The first-order valence-electron chi connectivity index (χ1n) is 6.93. The summed E-state index contributed by atoms with van der Waals surface area (Å²) in [6, 6.07) is 12.9. The van der Waals surface area contributed by atoms with Gasteiger partial charge in [-0.15, -0.1) is 0 Å². The van der Waals surface area contributed by atoms with E-state index in [9.17, 15) is 4.79 Å². The lowest BCUT2D eigenvalue weighted by Gasteiger charge is -2.08. The van der Waals surface area contributed by atoms with E-state index in [4.69, 9.17) is 9.47 Å². The molecule has 2 aromatic carbocycles. The molecule has 2 rings (SSSR count). The second-order valence-electron chi connectivity index (χ2n) is 4.76. The van der Waals surface area contributed by atoms with Gasteiger partial charge in [-0.05, 0) is 60.5 Å². The molecule has 23 heavy (non-hydrogen) atoms. The zero-order valence-corrected chi connectivity index (χ0v) is 14.5. The molecule has 2 aromatic rings. The molecule has 0 bridgehead atoms. The number of amides is 1. The van der Waals surface area contributed by atoms with Crippen molar-refractivity contribution in [2.45, 2.75) is 6.92 Å². The molecule has 6 heteroatoms. The average molecular weight is 377 g/mol. The monoisotopic (exact) mass is 376 g/mol. The van der Waals surface area contributed by atoms with Crippen LogP contribution in [0.1, 0.15) is 11.1 Å². The fourth-order valence-electron chi connectivity index (χ4n) is 1.82. The van der Waals surface area contributed by atoms with E-state index in [2.05, 4.69) is 26.5 Å². The zero-order chi connectivity index (χ0) is 16.7. The fourth-order valence-corrected chi connectivity index (χ4v) is 2.29. The van der Waals surface area contributed by atoms with Crippen molar-refractivity contribution in [2.24, 2.45) is 5.10 Å². The minimum absolute atomic E-state index is 0.0948. The van der Waals surface area contributed by atoms with E-state index < -0.39 is 0 Å². The van der Waals surface area contributed by atoms with Crippen molar-refractivity contribution in [3.8, 4) is 11.5 Å². The van der Waals surface area contributed by atoms with Crippen LogP contribution >= 0.6 is 15.9 Å². The van der Waals surface area contributed by atoms with Gasteiger partial charge >= 0.3 is 0 Å². The lowest BCUT2D eigenvalue weighted by atomic mass is 10.2. The third-order valence-corrected chi connectivity index (χ3v) is 3.51. The van der Waals surface area contributed by atoms with Crippen molar-refractivity contribution >= 4 is 28.1 Å². The minimum atomic E-state index is -0.322. The maximum absolute atomic E-state index is 11.7. The molecule has 1 amide bonds. The third kappa shape index (κ3) is 5.41. The Morgan fingerprint density at radius 1 is 1.26 bits per heavy atom. The number of nitrogens with zero attached hydrogens (tertiary/aromatic N) is 1. The molecule has 5 nitrogen and oxygen atoms in total. The highest BCUT2D eigenvalue weighted by Crippen LogP contribution is 2.21. The standard InChI is InChI=1S/C17H17BrN2O3/c1-12-9-14(18)5-8-16(12)23-11-17(21)20-19-10-13-3-6-15(22-2)7-4-13/h3-10H,11H2,1-2H3,(H,20,21). The number of hydrogen-bond donors (Lipinski definition) is 1. The number of hydrazone groups is 1. The van der Waals surface area contributed by atoms with Gasteiger partial charge in [0.05, 0.1) is 13.3 Å². The summed E-state index contributed by atoms with van der Waals surface area (Å²) in [6.45, 7) is 1.82. The van der Waals surface area contributed by atoms with Crippen LogP contribution in [-0.4, -0.2) is 25.8 Å². The largest absolute Gasteiger partial charge is 0.497 e. The number of nitrogens with one attached hydrogen (secondary N) is 1. The van der Waals surface area contributed by atoms with Crippen LogP contribution in [0.3, 0.4) is 0 Å². The summed E-state index contributed by atoms with van der Waals surface area (Å²) in [5.41, 5.74) is 4.24. The molecule has 0 aliphatic rings. The van der Waals surface area contributed by atoms with Crippen molar-refractivity contribution in [1.29, 1.82) is 0 Å². The van der Waals surface area contributed by atoms with E-state index in [1.54, 1.807) is 13.3 Å². The van der Waals surface area contributed by atoms with Crippen molar-refractivity contribution in [1.82, 2.24) is 5.43 Å². The van der Waals surface area contributed by atoms with Crippen LogP contribution in [0.2, 0.25) is 0 Å². The van der Waals surface area contributed by atoms with E-state index in [-0.39, 0.29) is 12.5 Å². The van der Waals surface area contributed by atoms with Crippen LogP contribution in [0.15, 0.2) is 52.0 Å². The SMILES string of the molecule is COc1ccc(C=NNC(=O)COc2ccc(Br)cc2C)cc1. The van der Waals surface area contributed by atoms with E-state index in [1.165, 1.54) is 0 Å². The summed E-state index contributed by atoms with van der Waals surface area (Å²) < 4.78 is 11.5. The number of carbonyl (C=O) groups is 1. The number of ether oxygens (including phenoxy) is 2. The van der Waals surface area contributed by atoms with Crippen molar-refractivity contribution < 1.29 is 14.3 Å². The van der Waals surface area contributed by atoms with Gasteiger partial charge in [-0.2, -0.15) is 5.10 Å². The highest BCUT2D eigenvalue weighted by atomic mass is 79.9. The van der Waals surface area contributed by atoms with Gasteiger partial charge in [0, 0.05) is 4.47 Å². The van der Waals surface area contributed by atoms with Crippen LogP contribution < -0.4 is 14.9 Å². The molecule has 120 valence electrons. The minimum Gasteiger partial charge on any atom is -0.497 e. The topological polar surface area (TPSA) is 59.9 Å². The lowest BCUT2D eigenvalue weighted by molar-refractivity contribution is -0.123. The number of carbonyl (C=O) groups excluding carboxylic acids is 1. The summed E-state index contributed by atoms with van der Waals surface area (Å²) in [7, 11) is 1.61. The average Bonchev–Trinajstić information content (AvgIpc) is 2.54. The molecule has 0 saturated heterocycles. The maximum Gasteiger partial charge on any atom is 0.277 e. The first-order valence-corrected chi connectivity index (χ1v) is 7.72. The first kappa shape index (κ1) is 17.0. The van der Waals surface area contributed by atoms with Crippen LogP contribution in [0.5, 0.6) is 11.5 Å². The second kappa shape index (κ2) is 8.33. The van der Waals surface area contributed by atoms with Gasteiger partial charge in [0.25, 0.3) is 5.91 Å². The fraction of sp³-hybridized carbons (Fsp3) is 0.176. The lowest BCUT2D eigenvalue weighted by Crippen LogP contribution is -2.24. The highest BCUT2D eigenvalue weighted by molar-refractivity contribution is 9.10. The molecule has 0 heterocycles. The Morgan fingerprint density at radius 2 is 2.00 bits per heavy atom. The molecule has 0 unspecified atom stereocenters. The van der Waals surface area contributed by atoms with Crippen molar-refractivity contribution in [3.05, 3.63) is 58.1 Å². The van der Waals surface area contributed by atoms with Gasteiger partial charge in [0.1, 0.15) is 11.5 Å². The highest BCUT2D eigenvalue weighted by Gasteiger charge is 2.04. The van der Waals surface area contributed by atoms with Gasteiger partial charge in [0.2, 0.25) is 0 Å². The number of aryl methyl sites for hydroxylation is 1. The van der Waals surface area contributed by atoms with Crippen molar-refractivity contribution in [3.63, 3.8) is 0 Å². The van der Waals surface area contributed by atoms with E-state index >= 15 is 0 Å². The quantitative estimate of drug-likeness (QED) is 0.621. The zero-order valence-electron chi connectivity index (χ0n) is 12.9. The number of benzene rings is 2. The molecule has 1 N–H and O–H groups in total. The molecule has 0 fully saturated rings. The number of hydrogen-bond acceptors (Lipinski definition) is 4. The Morgan fingerprint density at radius 3 is 2.65 bits per heavy atom. The van der Waals surface area contributed by atoms with E-state index in [1.807, 2.05) is 49.4 Å². The second-order valence-corrected chi connectivity index (χ2v) is 5.68. The van der Waals surface area contributed by atoms with Crippen LogP contribution in [0, 0.1) is 6.92 Å². The predicted octanol–water partition coefficient (Wildman–Crippen LogP) is 3.30. The molecule has 0 radical (unpaired) electrons. The molecule has 0 aliphatic carbocycles. The first-order chi connectivity index (χ1) is 11.1. The summed E-state index contributed by atoms with van der Waals surface area (Å²) in [5, 5.41) is 3.89. The molecule has 0 aromatic heterocycles. The Kier molecular flexibility index (Phi) is 6.17. The van der Waals surface area contributed by atoms with Gasteiger partial charge < -0.3 is 9.47 Å². The number of rotatable bonds is 6. The molecule has 0 spiro atoms. The van der Waals surface area contributed by atoms with Crippen LogP contribution in [-0.2, 0) is 4.79 Å². The van der Waals surface area contributed by atoms with Gasteiger partial charge in [-0.3, -0.25) is 4.79 Å². The summed E-state index contributed by atoms with van der Waals surface area (Å²) in [4.78, 5) is 11.7. The van der Waals surface area contributed by atoms with Gasteiger partial charge in [-0.1, -0.05) is 15.9 Å². The van der Waals surface area contributed by atoms with E-state index in [0.29, 0.717) is 5.75 Å². The maximum atomic E-state index is 11.7. The molecule has 0 atom stereocenters. The third-order valence-electron chi connectivity index (χ3n) is 3.01. The Bertz CT molecular complexity index is 699.